The average molecular weight is 383 g/mol. The SMILES string of the molecule is O=Cc1cc2c(N3CC4CCC(C3)N4)nc(F)nc2c(F)c1Br. The summed E-state index contributed by atoms with van der Waals surface area (Å²) >= 11 is 3.02. The van der Waals surface area contributed by atoms with Crippen LogP contribution in [0.2, 0.25) is 0 Å². The molecule has 120 valence electrons. The highest BCUT2D eigenvalue weighted by molar-refractivity contribution is 9.10. The van der Waals surface area contributed by atoms with Crippen molar-refractivity contribution in [3.05, 3.63) is 28.0 Å². The number of carbonyl (C=O) groups excluding carboxylic acids is 1. The predicted octanol–water partition coefficient (Wildman–Crippen LogP) is 2.42. The van der Waals surface area contributed by atoms with E-state index in [2.05, 4.69) is 31.2 Å². The summed E-state index contributed by atoms with van der Waals surface area (Å²) in [5.41, 5.74) is 0.0421. The first-order valence-corrected chi connectivity index (χ1v) is 8.17. The van der Waals surface area contributed by atoms with Gasteiger partial charge in [-0.05, 0) is 34.8 Å². The van der Waals surface area contributed by atoms with Crippen LogP contribution in [0.15, 0.2) is 10.5 Å². The molecule has 2 aliphatic heterocycles. The van der Waals surface area contributed by atoms with Crippen LogP contribution in [0.1, 0.15) is 23.2 Å². The monoisotopic (exact) mass is 382 g/mol. The molecule has 23 heavy (non-hydrogen) atoms. The number of halogens is 3. The van der Waals surface area contributed by atoms with Crippen LogP contribution in [0.3, 0.4) is 0 Å². The van der Waals surface area contributed by atoms with Crippen LogP contribution in [-0.4, -0.2) is 41.4 Å². The van der Waals surface area contributed by atoms with E-state index in [9.17, 15) is 13.6 Å². The van der Waals surface area contributed by atoms with Gasteiger partial charge >= 0.3 is 6.08 Å². The number of hydrogen-bond donors (Lipinski definition) is 1. The Morgan fingerprint density at radius 1 is 1.26 bits per heavy atom. The van der Waals surface area contributed by atoms with Crippen LogP contribution >= 0.6 is 15.9 Å². The number of aromatic nitrogens is 2. The lowest BCUT2D eigenvalue weighted by Gasteiger charge is -2.34. The van der Waals surface area contributed by atoms with E-state index in [-0.39, 0.29) is 15.6 Å². The molecule has 0 radical (unpaired) electrons. The third kappa shape index (κ3) is 2.40. The molecule has 2 fully saturated rings. The molecule has 2 aromatic rings. The van der Waals surface area contributed by atoms with E-state index in [1.165, 1.54) is 6.07 Å². The van der Waals surface area contributed by atoms with Crippen molar-refractivity contribution in [3.8, 4) is 0 Å². The summed E-state index contributed by atoms with van der Waals surface area (Å²) in [5, 5.41) is 3.84. The molecule has 0 saturated carbocycles. The van der Waals surface area contributed by atoms with Gasteiger partial charge in [-0.25, -0.2) is 4.39 Å². The topological polar surface area (TPSA) is 58.1 Å². The van der Waals surface area contributed by atoms with Crippen molar-refractivity contribution in [2.45, 2.75) is 24.9 Å². The Hall–Kier alpha value is -1.67. The van der Waals surface area contributed by atoms with E-state index in [0.29, 0.717) is 42.7 Å². The van der Waals surface area contributed by atoms with Crippen molar-refractivity contribution in [1.29, 1.82) is 0 Å². The van der Waals surface area contributed by atoms with Crippen LogP contribution < -0.4 is 10.2 Å². The van der Waals surface area contributed by atoms with Gasteiger partial charge < -0.3 is 10.2 Å². The zero-order valence-corrected chi connectivity index (χ0v) is 13.6. The summed E-state index contributed by atoms with van der Waals surface area (Å²) in [6.07, 6.45) is 1.71. The van der Waals surface area contributed by atoms with E-state index >= 15 is 0 Å². The Balaban J connectivity index is 1.92. The second kappa shape index (κ2) is 5.45. The fraction of sp³-hybridized carbons (Fsp3) is 0.400. The largest absolute Gasteiger partial charge is 0.353 e. The Labute approximate surface area is 139 Å². The summed E-state index contributed by atoms with van der Waals surface area (Å²) < 4.78 is 28.3. The molecule has 2 saturated heterocycles. The zero-order chi connectivity index (χ0) is 16.1. The number of hydrogen-bond acceptors (Lipinski definition) is 5. The number of rotatable bonds is 2. The van der Waals surface area contributed by atoms with E-state index in [0.717, 1.165) is 12.8 Å². The molecular formula is C15H13BrF2N4O. The minimum absolute atomic E-state index is 0.00979. The van der Waals surface area contributed by atoms with Crippen LogP contribution in [0, 0.1) is 11.9 Å². The average Bonchev–Trinajstić information content (AvgIpc) is 2.88. The predicted molar refractivity (Wildman–Crippen MR) is 84.7 cm³/mol. The van der Waals surface area contributed by atoms with Crippen molar-refractivity contribution < 1.29 is 13.6 Å². The summed E-state index contributed by atoms with van der Waals surface area (Å²) in [6.45, 7) is 1.35. The van der Waals surface area contributed by atoms with Gasteiger partial charge in [-0.3, -0.25) is 4.79 Å². The second-order valence-corrected chi connectivity index (χ2v) is 6.76. The molecule has 0 aliphatic carbocycles. The lowest BCUT2D eigenvalue weighted by Crippen LogP contribution is -2.51. The maximum Gasteiger partial charge on any atom is 0.311 e. The second-order valence-electron chi connectivity index (χ2n) is 5.97. The molecule has 1 aromatic carbocycles. The first-order chi connectivity index (χ1) is 11.1. The Morgan fingerprint density at radius 2 is 1.96 bits per heavy atom. The van der Waals surface area contributed by atoms with Crippen molar-refractivity contribution in [1.82, 2.24) is 15.3 Å². The van der Waals surface area contributed by atoms with Crippen LogP contribution in [0.25, 0.3) is 10.9 Å². The van der Waals surface area contributed by atoms with Crippen LogP contribution in [0.5, 0.6) is 0 Å². The third-order valence-corrected chi connectivity index (χ3v) is 5.30. The molecule has 3 heterocycles. The van der Waals surface area contributed by atoms with Gasteiger partial charge in [0.2, 0.25) is 0 Å². The number of benzene rings is 1. The highest BCUT2D eigenvalue weighted by atomic mass is 79.9. The van der Waals surface area contributed by atoms with E-state index in [1.54, 1.807) is 0 Å². The lowest BCUT2D eigenvalue weighted by atomic mass is 10.1. The number of fused-ring (bicyclic) bond motifs is 3. The maximum atomic E-state index is 14.4. The van der Waals surface area contributed by atoms with Crippen molar-refractivity contribution in [3.63, 3.8) is 0 Å². The highest BCUT2D eigenvalue weighted by Crippen LogP contribution is 2.33. The van der Waals surface area contributed by atoms with Crippen molar-refractivity contribution in [2.75, 3.05) is 18.0 Å². The minimum Gasteiger partial charge on any atom is -0.353 e. The normalized spacial score (nSPS) is 23.5. The van der Waals surface area contributed by atoms with Crippen LogP contribution in [-0.2, 0) is 0 Å². The molecule has 8 heteroatoms. The molecule has 5 nitrogen and oxygen atoms in total. The fourth-order valence-corrected chi connectivity index (χ4v) is 3.87. The number of aldehydes is 1. The molecule has 1 N–H and O–H groups in total. The molecular weight excluding hydrogens is 370 g/mol. The zero-order valence-electron chi connectivity index (χ0n) is 12.0. The Bertz CT molecular complexity index is 804. The number of nitrogens with zero attached hydrogens (tertiary/aromatic N) is 3. The van der Waals surface area contributed by atoms with Gasteiger partial charge in [0.1, 0.15) is 11.3 Å². The van der Waals surface area contributed by atoms with E-state index < -0.39 is 11.9 Å². The number of carbonyl (C=O) groups is 1. The van der Waals surface area contributed by atoms with E-state index in [4.69, 9.17) is 0 Å². The summed E-state index contributed by atoms with van der Waals surface area (Å²) in [6, 6.07) is 2.16. The molecule has 2 atom stereocenters. The number of piperazine rings is 1. The maximum absolute atomic E-state index is 14.4. The summed E-state index contributed by atoms with van der Waals surface area (Å²) in [5.74, 6) is -0.398. The molecule has 4 rings (SSSR count). The Kier molecular flexibility index (Phi) is 3.53. The smallest absolute Gasteiger partial charge is 0.311 e. The van der Waals surface area contributed by atoms with Gasteiger partial charge in [-0.1, -0.05) is 0 Å². The molecule has 2 bridgehead atoms. The molecule has 0 spiro atoms. The van der Waals surface area contributed by atoms with Gasteiger partial charge in [-0.2, -0.15) is 14.4 Å². The standard InChI is InChI=1S/C15H13BrF2N4O/c16-11-7(6-23)3-10-13(12(11)17)20-15(18)21-14(10)22-4-8-1-2-9(5-22)19-8/h3,6,8-9,19H,1-2,4-5H2. The van der Waals surface area contributed by atoms with Gasteiger partial charge in [0, 0.05) is 36.1 Å². The van der Waals surface area contributed by atoms with Crippen LogP contribution in [0.4, 0.5) is 14.6 Å². The van der Waals surface area contributed by atoms with Crippen molar-refractivity contribution >= 4 is 38.9 Å². The number of nitrogens with one attached hydrogen (secondary N) is 1. The highest BCUT2D eigenvalue weighted by Gasteiger charge is 2.34. The van der Waals surface area contributed by atoms with E-state index in [1.807, 2.05) is 4.90 Å². The lowest BCUT2D eigenvalue weighted by molar-refractivity contribution is 0.112. The quantitative estimate of drug-likeness (QED) is 0.638. The third-order valence-electron chi connectivity index (χ3n) is 4.50. The Morgan fingerprint density at radius 3 is 2.61 bits per heavy atom. The molecule has 1 aromatic heterocycles. The number of anilines is 1. The first-order valence-electron chi connectivity index (χ1n) is 7.38. The van der Waals surface area contributed by atoms with Gasteiger partial charge in [0.15, 0.2) is 12.1 Å². The minimum atomic E-state index is -0.969. The molecule has 2 aliphatic rings. The molecule has 0 amide bonds. The van der Waals surface area contributed by atoms with Crippen molar-refractivity contribution in [2.24, 2.45) is 0 Å². The summed E-state index contributed by atoms with van der Waals surface area (Å²) in [4.78, 5) is 20.6. The molecule has 2 unspecified atom stereocenters. The fourth-order valence-electron chi connectivity index (χ4n) is 3.48. The van der Waals surface area contributed by atoms with Gasteiger partial charge in [-0.15, -0.1) is 0 Å². The first kappa shape index (κ1) is 14.9. The van der Waals surface area contributed by atoms with Gasteiger partial charge in [0.05, 0.1) is 4.47 Å². The summed E-state index contributed by atoms with van der Waals surface area (Å²) in [7, 11) is 0. The van der Waals surface area contributed by atoms with Gasteiger partial charge in [0.25, 0.3) is 0 Å².